The van der Waals surface area contributed by atoms with Gasteiger partial charge in [-0.3, -0.25) is 0 Å². The average molecular weight is 284 g/mol. The zero-order valence-corrected chi connectivity index (χ0v) is 6.92. The summed E-state index contributed by atoms with van der Waals surface area (Å²) in [7, 11) is -2.17. The van der Waals surface area contributed by atoms with Crippen LogP contribution in [0.15, 0.2) is 0 Å². The molecule has 0 aliphatic rings. The maximum atomic E-state index is 7.17. The molecule has 0 aromatic rings. The molecule has 0 aromatic heterocycles. The Kier molecular flexibility index (Phi) is 3110. The van der Waals surface area contributed by atoms with Gasteiger partial charge >= 0.3 is 45.1 Å². The molecule has 0 fully saturated rings. The van der Waals surface area contributed by atoms with E-state index in [0.29, 0.717) is 0 Å². The number of hydrogen-bond acceptors (Lipinski definition) is 3. The molecule has 0 saturated carbocycles. The van der Waals surface area contributed by atoms with Crippen LogP contribution in [0.3, 0.4) is 0 Å². The SMILES string of the molecule is O.O.O.O.O.O.O.O.O.O.OB(O)O.[CaH2]. The summed E-state index contributed by atoms with van der Waals surface area (Å²) in [6.45, 7) is 0. The average Bonchev–Trinajstić information content (AvgIpc) is 0.811. The number of hydrogen-bond donors (Lipinski definition) is 3. The van der Waals surface area contributed by atoms with E-state index in [1.54, 1.807) is 0 Å². The van der Waals surface area contributed by atoms with Gasteiger partial charge in [-0.1, -0.05) is 0 Å². The number of rotatable bonds is 0. The molecule has 0 radical (unpaired) electrons. The Hall–Kier alpha value is 0.805. The van der Waals surface area contributed by atoms with E-state index in [0.717, 1.165) is 0 Å². The zero-order chi connectivity index (χ0) is 3.58. The zero-order valence-electron chi connectivity index (χ0n) is 6.92. The van der Waals surface area contributed by atoms with Crippen molar-refractivity contribution in [1.29, 1.82) is 0 Å². The predicted molar refractivity (Wildman–Crippen MR) is 57.1 cm³/mol. The second-order valence-corrected chi connectivity index (χ2v) is 0.346. The molecule has 13 nitrogen and oxygen atoms in total. The van der Waals surface area contributed by atoms with Crippen molar-refractivity contribution >= 4 is 45.1 Å². The van der Waals surface area contributed by atoms with Crippen molar-refractivity contribution in [3.8, 4) is 0 Å². The van der Waals surface area contributed by atoms with Crippen LogP contribution in [-0.4, -0.2) is 115 Å². The molecule has 0 saturated heterocycles. The van der Waals surface area contributed by atoms with Crippen molar-refractivity contribution in [3.63, 3.8) is 0 Å². The molecule has 0 aromatic carbocycles. The molecule has 0 spiro atoms. The Morgan fingerprint density at radius 2 is 0.400 bits per heavy atom. The molecule has 15 heteroatoms. The van der Waals surface area contributed by atoms with Crippen molar-refractivity contribution in [2.75, 3.05) is 0 Å². The molecule has 23 N–H and O–H groups in total. The van der Waals surface area contributed by atoms with Gasteiger partial charge < -0.3 is 69.8 Å². The molecular weight excluding hydrogens is 259 g/mol. The molecule has 0 amide bonds. The van der Waals surface area contributed by atoms with Gasteiger partial charge in [0.15, 0.2) is 0 Å². The third-order valence-corrected chi connectivity index (χ3v) is 0. The minimum atomic E-state index is -2.17. The summed E-state index contributed by atoms with van der Waals surface area (Å²) in [6.07, 6.45) is 0. The molecule has 0 aliphatic carbocycles. The third kappa shape index (κ3) is 3750. The summed E-state index contributed by atoms with van der Waals surface area (Å²) in [4.78, 5) is 0. The summed E-state index contributed by atoms with van der Waals surface area (Å²) in [5.41, 5.74) is 0. The first-order valence-electron chi connectivity index (χ1n) is 0.775. The van der Waals surface area contributed by atoms with E-state index < -0.39 is 7.32 Å². The maximum absolute atomic E-state index is 7.17. The van der Waals surface area contributed by atoms with E-state index in [9.17, 15) is 0 Å². The first kappa shape index (κ1) is 239. The standard InChI is InChI=1S/BH3O3.Ca.10H2O.2H/c2-1(3)4;;;;;;;;;;;;;/h2-4H;;10*1H2;;. The molecule has 0 unspecified atom stereocenters. The van der Waals surface area contributed by atoms with Crippen LogP contribution in [-0.2, 0) is 0 Å². The Morgan fingerprint density at radius 1 is 0.400 bits per heavy atom. The molecule has 108 valence electrons. The molecule has 0 heterocycles. The topological polar surface area (TPSA) is 376 Å². The van der Waals surface area contributed by atoms with Gasteiger partial charge in [-0.15, -0.1) is 0 Å². The molecule has 0 rings (SSSR count). The molecule has 0 aliphatic heterocycles. The van der Waals surface area contributed by atoms with Gasteiger partial charge in [0.1, 0.15) is 0 Å². The fourth-order valence-corrected chi connectivity index (χ4v) is 0. The normalized spacial score (nSPS) is 1.80. The molecule has 15 heavy (non-hydrogen) atoms. The van der Waals surface area contributed by atoms with Gasteiger partial charge in [-0.2, -0.15) is 0 Å². The summed E-state index contributed by atoms with van der Waals surface area (Å²) in [5, 5.41) is 21.5. The Labute approximate surface area is 115 Å². The Bertz CT molecular complexity index is 15.3. The first-order valence-corrected chi connectivity index (χ1v) is 0.775. The van der Waals surface area contributed by atoms with Gasteiger partial charge in [0, 0.05) is 0 Å². The van der Waals surface area contributed by atoms with Gasteiger partial charge in [0.2, 0.25) is 0 Å². The fourth-order valence-electron chi connectivity index (χ4n) is 0. The first-order chi connectivity index (χ1) is 1.73. The summed E-state index contributed by atoms with van der Waals surface area (Å²) in [6, 6.07) is 0. The van der Waals surface area contributed by atoms with E-state index in [1.807, 2.05) is 0 Å². The van der Waals surface area contributed by atoms with Crippen LogP contribution in [0.2, 0.25) is 0 Å². The van der Waals surface area contributed by atoms with Crippen LogP contribution in [0.5, 0.6) is 0 Å². The van der Waals surface area contributed by atoms with Crippen molar-refractivity contribution in [3.05, 3.63) is 0 Å². The summed E-state index contributed by atoms with van der Waals surface area (Å²) < 4.78 is 0. The predicted octanol–water partition coefficient (Wildman–Crippen LogP) is -11.2. The van der Waals surface area contributed by atoms with Crippen molar-refractivity contribution < 1.29 is 69.8 Å². The van der Waals surface area contributed by atoms with E-state index in [4.69, 9.17) is 15.1 Å². The van der Waals surface area contributed by atoms with Crippen molar-refractivity contribution in [2.24, 2.45) is 0 Å². The van der Waals surface area contributed by atoms with Gasteiger partial charge in [0.25, 0.3) is 0 Å². The Balaban J connectivity index is -0.000000000818. The molecular formula is H25BCaO13. The minimum absolute atomic E-state index is 0. The second kappa shape index (κ2) is 195. The summed E-state index contributed by atoms with van der Waals surface area (Å²) >= 11 is 0. The monoisotopic (exact) mass is 284 g/mol. The van der Waals surface area contributed by atoms with E-state index in [-0.39, 0.29) is 92.5 Å². The van der Waals surface area contributed by atoms with E-state index in [2.05, 4.69) is 0 Å². The molecule has 0 atom stereocenters. The second-order valence-electron chi connectivity index (χ2n) is 0.346. The van der Waals surface area contributed by atoms with Crippen LogP contribution in [0, 0.1) is 0 Å². The molecule has 0 bridgehead atoms. The Morgan fingerprint density at radius 3 is 0.400 bits per heavy atom. The third-order valence-electron chi connectivity index (χ3n) is 0. The van der Waals surface area contributed by atoms with Crippen LogP contribution in [0.25, 0.3) is 0 Å². The van der Waals surface area contributed by atoms with Crippen molar-refractivity contribution in [2.45, 2.75) is 0 Å². The van der Waals surface area contributed by atoms with Crippen LogP contribution in [0.1, 0.15) is 0 Å². The van der Waals surface area contributed by atoms with Gasteiger partial charge in [-0.05, 0) is 0 Å². The van der Waals surface area contributed by atoms with Gasteiger partial charge in [-0.25, -0.2) is 0 Å². The van der Waals surface area contributed by atoms with Crippen LogP contribution < -0.4 is 0 Å². The van der Waals surface area contributed by atoms with Gasteiger partial charge in [0.05, 0.1) is 0 Å². The fraction of sp³-hybridized carbons (Fsp3) is 0. The summed E-state index contributed by atoms with van der Waals surface area (Å²) in [5.74, 6) is 0. The van der Waals surface area contributed by atoms with E-state index in [1.165, 1.54) is 0 Å². The van der Waals surface area contributed by atoms with Crippen LogP contribution >= 0.6 is 0 Å². The van der Waals surface area contributed by atoms with Crippen molar-refractivity contribution in [1.82, 2.24) is 0 Å². The quantitative estimate of drug-likeness (QED) is 0.364. The van der Waals surface area contributed by atoms with Crippen LogP contribution in [0.4, 0.5) is 0 Å². The van der Waals surface area contributed by atoms with E-state index >= 15 is 0 Å².